The van der Waals surface area contributed by atoms with Gasteiger partial charge < -0.3 is 10.1 Å². The number of nitrogens with zero attached hydrogens (tertiary/aromatic N) is 4. The van der Waals surface area contributed by atoms with Crippen molar-refractivity contribution in [3.05, 3.63) is 11.6 Å². The van der Waals surface area contributed by atoms with Gasteiger partial charge in [-0.3, -0.25) is 9.69 Å². The van der Waals surface area contributed by atoms with Gasteiger partial charge in [0.15, 0.2) is 0 Å². The molecule has 23 heavy (non-hydrogen) atoms. The SMILES string of the molecule is CCC(CC)C(CNC(=O)c1nc(C)nn1C)N1CCOCC1. The van der Waals surface area contributed by atoms with E-state index in [0.29, 0.717) is 30.2 Å². The minimum atomic E-state index is -0.155. The fourth-order valence-electron chi connectivity index (χ4n) is 3.32. The number of nitrogens with one attached hydrogen (secondary N) is 1. The quantitative estimate of drug-likeness (QED) is 0.810. The molecule has 1 atom stereocenters. The molecular formula is C16H29N5O2. The van der Waals surface area contributed by atoms with Crippen LogP contribution in [0.5, 0.6) is 0 Å². The monoisotopic (exact) mass is 323 g/mol. The third-order valence-corrected chi connectivity index (χ3v) is 4.65. The molecule has 1 saturated heterocycles. The average Bonchev–Trinajstić information content (AvgIpc) is 2.90. The van der Waals surface area contributed by atoms with Crippen molar-refractivity contribution in [1.82, 2.24) is 25.0 Å². The van der Waals surface area contributed by atoms with Crippen LogP contribution in [0, 0.1) is 12.8 Å². The van der Waals surface area contributed by atoms with Crippen molar-refractivity contribution in [3.8, 4) is 0 Å². The first-order valence-electron chi connectivity index (χ1n) is 8.54. The van der Waals surface area contributed by atoms with Crippen LogP contribution in [-0.4, -0.2) is 64.5 Å². The fourth-order valence-corrected chi connectivity index (χ4v) is 3.32. The molecule has 7 heteroatoms. The fraction of sp³-hybridized carbons (Fsp3) is 0.812. The molecule has 0 aliphatic carbocycles. The second kappa shape index (κ2) is 8.40. The lowest BCUT2D eigenvalue weighted by Crippen LogP contribution is -2.52. The summed E-state index contributed by atoms with van der Waals surface area (Å²) in [7, 11) is 1.75. The second-order valence-electron chi connectivity index (χ2n) is 6.11. The van der Waals surface area contributed by atoms with E-state index in [2.05, 4.69) is 34.1 Å². The molecule has 0 saturated carbocycles. The molecular weight excluding hydrogens is 294 g/mol. The Bertz CT molecular complexity index is 507. The van der Waals surface area contributed by atoms with Crippen LogP contribution in [0.25, 0.3) is 0 Å². The highest BCUT2D eigenvalue weighted by Crippen LogP contribution is 2.19. The van der Waals surface area contributed by atoms with E-state index in [1.807, 2.05) is 0 Å². The molecule has 1 aliphatic rings. The van der Waals surface area contributed by atoms with E-state index in [1.54, 1.807) is 14.0 Å². The highest BCUT2D eigenvalue weighted by molar-refractivity contribution is 5.90. The average molecular weight is 323 g/mol. The zero-order valence-electron chi connectivity index (χ0n) is 14.7. The molecule has 1 amide bonds. The maximum absolute atomic E-state index is 12.4. The van der Waals surface area contributed by atoms with Gasteiger partial charge in [0.05, 0.1) is 13.2 Å². The number of carbonyl (C=O) groups excluding carboxylic acids is 1. The smallest absolute Gasteiger partial charge is 0.288 e. The molecule has 1 N–H and O–H groups in total. The number of aryl methyl sites for hydroxylation is 2. The maximum Gasteiger partial charge on any atom is 0.288 e. The number of carbonyl (C=O) groups is 1. The number of amides is 1. The minimum Gasteiger partial charge on any atom is -0.379 e. The third-order valence-electron chi connectivity index (χ3n) is 4.65. The lowest BCUT2D eigenvalue weighted by Gasteiger charge is -2.38. The molecule has 1 unspecified atom stereocenters. The summed E-state index contributed by atoms with van der Waals surface area (Å²) in [6.07, 6.45) is 2.22. The van der Waals surface area contributed by atoms with Crippen molar-refractivity contribution < 1.29 is 9.53 Å². The van der Waals surface area contributed by atoms with Crippen LogP contribution < -0.4 is 5.32 Å². The predicted molar refractivity (Wildman–Crippen MR) is 88.3 cm³/mol. The number of hydrogen-bond acceptors (Lipinski definition) is 5. The topological polar surface area (TPSA) is 72.3 Å². The summed E-state index contributed by atoms with van der Waals surface area (Å²) in [6, 6.07) is 0.340. The van der Waals surface area contributed by atoms with Crippen molar-refractivity contribution in [2.75, 3.05) is 32.8 Å². The van der Waals surface area contributed by atoms with Crippen LogP contribution >= 0.6 is 0 Å². The van der Waals surface area contributed by atoms with Crippen molar-refractivity contribution >= 4 is 5.91 Å². The van der Waals surface area contributed by atoms with Crippen molar-refractivity contribution in [1.29, 1.82) is 0 Å². The van der Waals surface area contributed by atoms with Crippen molar-refractivity contribution in [2.45, 2.75) is 39.7 Å². The Balaban J connectivity index is 2.02. The Morgan fingerprint density at radius 2 is 1.96 bits per heavy atom. The zero-order valence-corrected chi connectivity index (χ0v) is 14.7. The molecule has 0 radical (unpaired) electrons. The largest absolute Gasteiger partial charge is 0.379 e. The number of rotatable bonds is 7. The van der Waals surface area contributed by atoms with Gasteiger partial charge >= 0.3 is 0 Å². The first-order valence-corrected chi connectivity index (χ1v) is 8.54. The minimum absolute atomic E-state index is 0.155. The Morgan fingerprint density at radius 1 is 1.30 bits per heavy atom. The molecule has 1 fully saturated rings. The standard InChI is InChI=1S/C16H29N5O2/c1-5-13(6-2)14(21-7-9-23-10-8-21)11-17-16(22)15-18-12(3)19-20(15)4/h13-14H,5-11H2,1-4H3,(H,17,22). The van der Waals surface area contributed by atoms with E-state index in [0.717, 1.165) is 39.1 Å². The molecule has 0 spiro atoms. The summed E-state index contributed by atoms with van der Waals surface area (Å²) >= 11 is 0. The van der Waals surface area contributed by atoms with Crippen LogP contribution in [0.4, 0.5) is 0 Å². The summed E-state index contributed by atoms with van der Waals surface area (Å²) < 4.78 is 6.99. The Hall–Kier alpha value is -1.47. The summed E-state index contributed by atoms with van der Waals surface area (Å²) in [6.45, 7) is 10.3. The Morgan fingerprint density at radius 3 is 2.48 bits per heavy atom. The lowest BCUT2D eigenvalue weighted by molar-refractivity contribution is 0.00187. The van der Waals surface area contributed by atoms with Gasteiger partial charge in [0, 0.05) is 32.7 Å². The molecule has 2 rings (SSSR count). The van der Waals surface area contributed by atoms with Crippen LogP contribution in [0.3, 0.4) is 0 Å². The van der Waals surface area contributed by atoms with Gasteiger partial charge in [0.2, 0.25) is 5.82 Å². The number of morpholine rings is 1. The van der Waals surface area contributed by atoms with Gasteiger partial charge in [-0.05, 0) is 12.8 Å². The highest BCUT2D eigenvalue weighted by Gasteiger charge is 2.27. The Kier molecular flexibility index (Phi) is 6.53. The molecule has 1 aromatic heterocycles. The maximum atomic E-state index is 12.4. The van der Waals surface area contributed by atoms with Gasteiger partial charge in [0.25, 0.3) is 5.91 Å². The molecule has 7 nitrogen and oxygen atoms in total. The van der Waals surface area contributed by atoms with Crippen LogP contribution in [0.1, 0.15) is 43.1 Å². The van der Waals surface area contributed by atoms with Crippen LogP contribution in [0.15, 0.2) is 0 Å². The lowest BCUT2D eigenvalue weighted by atomic mass is 9.92. The zero-order chi connectivity index (χ0) is 16.8. The summed E-state index contributed by atoms with van der Waals surface area (Å²) in [5.74, 6) is 1.39. The first kappa shape index (κ1) is 17.9. The van der Waals surface area contributed by atoms with Gasteiger partial charge in [-0.1, -0.05) is 26.7 Å². The molecule has 2 heterocycles. The van der Waals surface area contributed by atoms with Gasteiger partial charge in [-0.15, -0.1) is 0 Å². The number of hydrogen-bond donors (Lipinski definition) is 1. The molecule has 1 aromatic rings. The molecule has 130 valence electrons. The van der Waals surface area contributed by atoms with E-state index < -0.39 is 0 Å². The molecule has 1 aliphatic heterocycles. The van der Waals surface area contributed by atoms with E-state index >= 15 is 0 Å². The summed E-state index contributed by atoms with van der Waals surface area (Å²) in [5, 5.41) is 7.19. The van der Waals surface area contributed by atoms with Crippen molar-refractivity contribution in [2.24, 2.45) is 13.0 Å². The molecule has 0 bridgehead atoms. The normalized spacial score (nSPS) is 17.4. The first-order chi connectivity index (χ1) is 11.1. The van der Waals surface area contributed by atoms with Gasteiger partial charge in [-0.25, -0.2) is 9.67 Å². The predicted octanol–water partition coefficient (Wildman–Crippen LogP) is 0.990. The summed E-state index contributed by atoms with van der Waals surface area (Å²) in [4.78, 5) is 19.0. The van der Waals surface area contributed by atoms with E-state index in [9.17, 15) is 4.79 Å². The highest BCUT2D eigenvalue weighted by atomic mass is 16.5. The van der Waals surface area contributed by atoms with E-state index in [1.165, 1.54) is 4.68 Å². The van der Waals surface area contributed by atoms with Crippen LogP contribution in [0.2, 0.25) is 0 Å². The van der Waals surface area contributed by atoms with E-state index in [-0.39, 0.29) is 5.91 Å². The molecule has 0 aromatic carbocycles. The summed E-state index contributed by atoms with van der Waals surface area (Å²) in [5.41, 5.74) is 0. The number of aromatic nitrogens is 3. The van der Waals surface area contributed by atoms with Gasteiger partial charge in [-0.2, -0.15) is 5.10 Å². The Labute approximate surface area is 138 Å². The second-order valence-corrected chi connectivity index (χ2v) is 6.11. The van der Waals surface area contributed by atoms with Crippen molar-refractivity contribution in [3.63, 3.8) is 0 Å². The van der Waals surface area contributed by atoms with Gasteiger partial charge in [0.1, 0.15) is 5.82 Å². The number of ether oxygens (including phenoxy) is 1. The van der Waals surface area contributed by atoms with Crippen LogP contribution in [-0.2, 0) is 11.8 Å². The third kappa shape index (κ3) is 4.51. The van der Waals surface area contributed by atoms with E-state index in [4.69, 9.17) is 4.74 Å².